The van der Waals surface area contributed by atoms with Crippen LogP contribution in [0.25, 0.3) is 0 Å². The monoisotopic (exact) mass is 302 g/mol. The van der Waals surface area contributed by atoms with E-state index in [2.05, 4.69) is 10.2 Å². The minimum atomic E-state index is -0.651. The summed E-state index contributed by atoms with van der Waals surface area (Å²) in [6.07, 6.45) is -0.0613. The Labute approximate surface area is 126 Å². The standard InChI is InChI=1S/C15H15FN4O2/c16-10-3-1-2-9(6-10)13-7-11(21)8-20(13)14-5-4-12(15(17)22)18-19-14/h1-6,11,13,21H,7-8H2,(H2,17,22)/t11-,13+/m0/s1. The topological polar surface area (TPSA) is 92.3 Å². The molecule has 1 aliphatic rings. The molecular weight excluding hydrogens is 287 g/mol. The average molecular weight is 302 g/mol. The SMILES string of the molecule is NC(=O)c1ccc(N2C[C@@H](O)C[C@@H]2c2cccc(F)c2)nn1. The Hall–Kier alpha value is -2.54. The summed E-state index contributed by atoms with van der Waals surface area (Å²) < 4.78 is 13.4. The number of carbonyl (C=O) groups excluding carboxylic acids is 1. The molecule has 0 aliphatic carbocycles. The van der Waals surface area contributed by atoms with Gasteiger partial charge in [-0.15, -0.1) is 10.2 Å². The number of amides is 1. The lowest BCUT2D eigenvalue weighted by Crippen LogP contribution is -2.26. The van der Waals surface area contributed by atoms with E-state index in [1.807, 2.05) is 11.0 Å². The van der Waals surface area contributed by atoms with Gasteiger partial charge in [0.1, 0.15) is 5.82 Å². The molecule has 6 nitrogen and oxygen atoms in total. The van der Waals surface area contributed by atoms with E-state index in [-0.39, 0.29) is 17.6 Å². The Morgan fingerprint density at radius 1 is 1.32 bits per heavy atom. The molecule has 0 saturated carbocycles. The summed E-state index contributed by atoms with van der Waals surface area (Å²) >= 11 is 0. The minimum absolute atomic E-state index is 0.0748. The molecule has 3 N–H and O–H groups in total. The molecule has 0 radical (unpaired) electrons. The van der Waals surface area contributed by atoms with Gasteiger partial charge in [-0.3, -0.25) is 4.79 Å². The van der Waals surface area contributed by atoms with Crippen molar-refractivity contribution in [3.63, 3.8) is 0 Å². The van der Waals surface area contributed by atoms with Crippen LogP contribution in [-0.4, -0.2) is 33.9 Å². The van der Waals surface area contributed by atoms with Crippen LogP contribution >= 0.6 is 0 Å². The highest BCUT2D eigenvalue weighted by atomic mass is 19.1. The lowest BCUT2D eigenvalue weighted by atomic mass is 10.0. The average Bonchev–Trinajstić information content (AvgIpc) is 2.89. The van der Waals surface area contributed by atoms with Crippen molar-refractivity contribution in [1.29, 1.82) is 0 Å². The maximum atomic E-state index is 13.4. The van der Waals surface area contributed by atoms with Crippen LogP contribution in [0.2, 0.25) is 0 Å². The van der Waals surface area contributed by atoms with Crippen molar-refractivity contribution in [2.45, 2.75) is 18.6 Å². The number of anilines is 1. The zero-order chi connectivity index (χ0) is 15.7. The smallest absolute Gasteiger partial charge is 0.269 e. The first-order chi connectivity index (χ1) is 10.5. The summed E-state index contributed by atoms with van der Waals surface area (Å²) in [5.41, 5.74) is 5.97. The number of aromatic nitrogens is 2. The van der Waals surface area contributed by atoms with Gasteiger partial charge in [0.05, 0.1) is 12.1 Å². The highest BCUT2D eigenvalue weighted by Gasteiger charge is 2.33. The molecule has 0 spiro atoms. The number of nitrogens with zero attached hydrogens (tertiary/aromatic N) is 3. The number of aliphatic hydroxyl groups is 1. The fraction of sp³-hybridized carbons (Fsp3) is 0.267. The van der Waals surface area contributed by atoms with Crippen molar-refractivity contribution in [3.05, 3.63) is 53.5 Å². The Morgan fingerprint density at radius 2 is 2.14 bits per heavy atom. The summed E-state index contributed by atoms with van der Waals surface area (Å²) in [6, 6.07) is 9.18. The maximum Gasteiger partial charge on any atom is 0.269 e. The fourth-order valence-corrected chi connectivity index (χ4v) is 2.71. The van der Waals surface area contributed by atoms with E-state index < -0.39 is 12.0 Å². The fourth-order valence-electron chi connectivity index (χ4n) is 2.71. The van der Waals surface area contributed by atoms with Crippen LogP contribution in [0.15, 0.2) is 36.4 Å². The first-order valence-corrected chi connectivity index (χ1v) is 6.88. The summed E-state index contributed by atoms with van der Waals surface area (Å²) in [5.74, 6) is -0.466. The van der Waals surface area contributed by atoms with Crippen molar-refractivity contribution in [3.8, 4) is 0 Å². The van der Waals surface area contributed by atoms with E-state index in [0.717, 1.165) is 5.56 Å². The second-order valence-electron chi connectivity index (χ2n) is 5.25. The van der Waals surface area contributed by atoms with Gasteiger partial charge in [-0.2, -0.15) is 0 Å². The Morgan fingerprint density at radius 3 is 2.77 bits per heavy atom. The molecule has 1 aromatic carbocycles. The first kappa shape index (κ1) is 14.4. The molecule has 0 unspecified atom stereocenters. The summed E-state index contributed by atoms with van der Waals surface area (Å²) in [4.78, 5) is 12.9. The molecular formula is C15H15FN4O2. The predicted molar refractivity (Wildman–Crippen MR) is 77.7 cm³/mol. The van der Waals surface area contributed by atoms with Crippen LogP contribution in [0.1, 0.15) is 28.5 Å². The third kappa shape index (κ3) is 2.75. The van der Waals surface area contributed by atoms with Crippen LogP contribution in [0.5, 0.6) is 0 Å². The number of carbonyl (C=O) groups is 1. The normalized spacial score (nSPS) is 21.1. The van der Waals surface area contributed by atoms with E-state index in [0.29, 0.717) is 18.8 Å². The molecule has 1 fully saturated rings. The quantitative estimate of drug-likeness (QED) is 0.883. The molecule has 0 bridgehead atoms. The van der Waals surface area contributed by atoms with Crippen molar-refractivity contribution >= 4 is 11.7 Å². The molecule has 114 valence electrons. The van der Waals surface area contributed by atoms with Gasteiger partial charge < -0.3 is 15.7 Å². The van der Waals surface area contributed by atoms with Crippen LogP contribution < -0.4 is 10.6 Å². The van der Waals surface area contributed by atoms with Crippen LogP contribution in [0.4, 0.5) is 10.2 Å². The molecule has 22 heavy (non-hydrogen) atoms. The molecule has 2 heterocycles. The van der Waals surface area contributed by atoms with E-state index in [1.165, 1.54) is 18.2 Å². The Kier molecular flexibility index (Phi) is 3.72. The minimum Gasteiger partial charge on any atom is -0.391 e. The van der Waals surface area contributed by atoms with E-state index in [4.69, 9.17) is 5.73 Å². The molecule has 1 aromatic heterocycles. The number of benzene rings is 1. The second-order valence-corrected chi connectivity index (χ2v) is 5.25. The van der Waals surface area contributed by atoms with Crippen molar-refractivity contribution in [2.24, 2.45) is 5.73 Å². The van der Waals surface area contributed by atoms with Gasteiger partial charge in [0.2, 0.25) is 0 Å². The number of nitrogens with two attached hydrogens (primary N) is 1. The number of primary amides is 1. The highest BCUT2D eigenvalue weighted by Crippen LogP contribution is 2.35. The zero-order valence-corrected chi connectivity index (χ0v) is 11.7. The third-order valence-electron chi connectivity index (χ3n) is 3.71. The van der Waals surface area contributed by atoms with Gasteiger partial charge in [-0.25, -0.2) is 4.39 Å². The van der Waals surface area contributed by atoms with Crippen molar-refractivity contribution in [2.75, 3.05) is 11.4 Å². The van der Waals surface area contributed by atoms with Gasteiger partial charge in [-0.05, 0) is 36.2 Å². The van der Waals surface area contributed by atoms with Crippen LogP contribution in [0.3, 0.4) is 0 Å². The highest BCUT2D eigenvalue weighted by molar-refractivity contribution is 5.90. The largest absolute Gasteiger partial charge is 0.391 e. The number of β-amino-alcohol motifs (C(OH)–C–C–N with tert-alkyl or cyclic N) is 1. The lowest BCUT2D eigenvalue weighted by molar-refractivity contribution is 0.0994. The summed E-state index contributed by atoms with van der Waals surface area (Å²) in [5, 5.41) is 17.7. The van der Waals surface area contributed by atoms with E-state index >= 15 is 0 Å². The van der Waals surface area contributed by atoms with Gasteiger partial charge in [-0.1, -0.05) is 12.1 Å². The van der Waals surface area contributed by atoms with Crippen molar-refractivity contribution in [1.82, 2.24) is 10.2 Å². The number of aliphatic hydroxyl groups excluding tert-OH is 1. The summed E-state index contributed by atoms with van der Waals surface area (Å²) in [6.45, 7) is 0.367. The number of hydrogen-bond acceptors (Lipinski definition) is 5. The van der Waals surface area contributed by atoms with Gasteiger partial charge in [0.15, 0.2) is 11.5 Å². The summed E-state index contributed by atoms with van der Waals surface area (Å²) in [7, 11) is 0. The molecule has 3 rings (SSSR count). The zero-order valence-electron chi connectivity index (χ0n) is 11.7. The van der Waals surface area contributed by atoms with E-state index in [1.54, 1.807) is 12.1 Å². The Bertz CT molecular complexity index is 692. The van der Waals surface area contributed by atoms with Gasteiger partial charge in [0.25, 0.3) is 5.91 Å². The number of rotatable bonds is 3. The third-order valence-corrected chi connectivity index (χ3v) is 3.71. The van der Waals surface area contributed by atoms with Crippen LogP contribution in [-0.2, 0) is 0 Å². The van der Waals surface area contributed by atoms with Crippen LogP contribution in [0, 0.1) is 5.82 Å². The second kappa shape index (κ2) is 5.69. The Balaban J connectivity index is 1.92. The molecule has 7 heteroatoms. The molecule has 1 amide bonds. The molecule has 1 aliphatic heterocycles. The van der Waals surface area contributed by atoms with Gasteiger partial charge in [0, 0.05) is 6.54 Å². The lowest BCUT2D eigenvalue weighted by Gasteiger charge is -2.25. The van der Waals surface area contributed by atoms with Crippen molar-refractivity contribution < 1.29 is 14.3 Å². The number of hydrogen-bond donors (Lipinski definition) is 2. The number of halogens is 1. The maximum absolute atomic E-state index is 13.4. The predicted octanol–water partition coefficient (Wildman–Crippen LogP) is 1.03. The first-order valence-electron chi connectivity index (χ1n) is 6.88. The van der Waals surface area contributed by atoms with E-state index in [9.17, 15) is 14.3 Å². The molecule has 2 atom stereocenters. The molecule has 2 aromatic rings. The molecule has 1 saturated heterocycles. The van der Waals surface area contributed by atoms with Gasteiger partial charge >= 0.3 is 0 Å².